The number of aromatic nitrogens is 3. The Kier molecular flexibility index (Phi) is 8.15. The summed E-state index contributed by atoms with van der Waals surface area (Å²) in [4.78, 5) is 18.9. The highest BCUT2D eigenvalue weighted by Crippen LogP contribution is 2.23. The Hall–Kier alpha value is -1.15. The number of halogens is 2. The first-order valence-corrected chi connectivity index (χ1v) is 8.50. The molecule has 0 radical (unpaired) electrons. The molecule has 2 aromatic rings. The predicted molar refractivity (Wildman–Crippen MR) is 101 cm³/mol. The lowest BCUT2D eigenvalue weighted by Gasteiger charge is -2.32. The molecule has 0 aromatic carbocycles. The first-order valence-electron chi connectivity index (χ1n) is 7.62. The van der Waals surface area contributed by atoms with Gasteiger partial charge in [0.1, 0.15) is 5.69 Å². The van der Waals surface area contributed by atoms with Crippen molar-refractivity contribution >= 4 is 42.1 Å². The van der Waals surface area contributed by atoms with Gasteiger partial charge >= 0.3 is 0 Å². The fourth-order valence-corrected chi connectivity index (χ4v) is 3.59. The molecular formula is C15H23Cl2N5OS. The highest BCUT2D eigenvalue weighted by Gasteiger charge is 2.27. The summed E-state index contributed by atoms with van der Waals surface area (Å²) in [5.74, 6) is 0.0214. The van der Waals surface area contributed by atoms with Gasteiger partial charge in [0, 0.05) is 31.1 Å². The van der Waals surface area contributed by atoms with E-state index in [1.807, 2.05) is 34.3 Å². The molecular weight excluding hydrogens is 369 g/mol. The maximum Gasteiger partial charge on any atom is 0.273 e. The lowest BCUT2D eigenvalue weighted by molar-refractivity contribution is 0.0667. The molecule has 3 heterocycles. The number of hydrogen-bond donors (Lipinski definition) is 1. The van der Waals surface area contributed by atoms with E-state index < -0.39 is 0 Å². The molecule has 1 aliphatic heterocycles. The number of thiazole rings is 1. The van der Waals surface area contributed by atoms with Crippen molar-refractivity contribution in [3.63, 3.8) is 0 Å². The summed E-state index contributed by atoms with van der Waals surface area (Å²) >= 11 is 1.51. The average molecular weight is 392 g/mol. The third-order valence-corrected chi connectivity index (χ3v) is 4.83. The summed E-state index contributed by atoms with van der Waals surface area (Å²) < 4.78 is 1.98. The summed E-state index contributed by atoms with van der Waals surface area (Å²) in [6.07, 6.45) is 6.68. The standard InChI is InChI=1S/C15H21N5OS.2ClH/c1-11-7-17-20(8-11)12-3-2-6-19(9-12)15(21)13-10-22-14(18-13)4-5-16;;/h7-8,10,12H,2-6,9,16H2,1H3;2*1H. The van der Waals surface area contributed by atoms with Crippen LogP contribution >= 0.6 is 36.2 Å². The number of rotatable bonds is 4. The molecule has 1 aliphatic rings. The van der Waals surface area contributed by atoms with Gasteiger partial charge in [0.15, 0.2) is 0 Å². The largest absolute Gasteiger partial charge is 0.335 e. The van der Waals surface area contributed by atoms with Crippen LogP contribution in [0, 0.1) is 6.92 Å². The van der Waals surface area contributed by atoms with Crippen molar-refractivity contribution in [3.05, 3.63) is 34.0 Å². The van der Waals surface area contributed by atoms with Crippen LogP contribution in [-0.2, 0) is 6.42 Å². The van der Waals surface area contributed by atoms with E-state index in [1.165, 1.54) is 11.3 Å². The van der Waals surface area contributed by atoms with Crippen LogP contribution in [0.1, 0.15) is 39.9 Å². The molecule has 0 saturated carbocycles. The van der Waals surface area contributed by atoms with Crippen LogP contribution in [0.3, 0.4) is 0 Å². The van der Waals surface area contributed by atoms with Crippen molar-refractivity contribution < 1.29 is 4.79 Å². The number of aryl methyl sites for hydroxylation is 1. The Labute approximate surface area is 158 Å². The highest BCUT2D eigenvalue weighted by molar-refractivity contribution is 7.09. The lowest BCUT2D eigenvalue weighted by Crippen LogP contribution is -2.41. The minimum absolute atomic E-state index is 0. The Morgan fingerprint density at radius 2 is 2.25 bits per heavy atom. The molecule has 0 bridgehead atoms. The minimum atomic E-state index is 0. The lowest BCUT2D eigenvalue weighted by atomic mass is 10.1. The van der Waals surface area contributed by atoms with Crippen molar-refractivity contribution in [2.24, 2.45) is 5.73 Å². The summed E-state index contributed by atoms with van der Waals surface area (Å²) in [5.41, 5.74) is 7.23. The van der Waals surface area contributed by atoms with Crippen molar-refractivity contribution in [2.75, 3.05) is 19.6 Å². The fraction of sp³-hybridized carbons (Fsp3) is 0.533. The summed E-state index contributed by atoms with van der Waals surface area (Å²) in [6, 6.07) is 0.258. The van der Waals surface area contributed by atoms with Crippen molar-refractivity contribution in [3.8, 4) is 0 Å². The average Bonchev–Trinajstić information content (AvgIpc) is 3.16. The SMILES string of the molecule is Cc1cnn(C2CCCN(C(=O)c3csc(CCN)n3)C2)c1.Cl.Cl. The van der Waals surface area contributed by atoms with Crippen LogP contribution in [0.15, 0.2) is 17.8 Å². The van der Waals surface area contributed by atoms with E-state index in [0.29, 0.717) is 18.8 Å². The highest BCUT2D eigenvalue weighted by atomic mass is 35.5. The van der Waals surface area contributed by atoms with Gasteiger partial charge in [-0.2, -0.15) is 5.10 Å². The smallest absolute Gasteiger partial charge is 0.273 e. The monoisotopic (exact) mass is 391 g/mol. The summed E-state index contributed by atoms with van der Waals surface area (Å²) in [5, 5.41) is 7.16. The molecule has 9 heteroatoms. The Bertz CT molecular complexity index is 660. The molecule has 2 aromatic heterocycles. The number of amides is 1. The zero-order valence-electron chi connectivity index (χ0n) is 13.6. The number of hydrogen-bond acceptors (Lipinski definition) is 5. The Balaban J connectivity index is 0.00000144. The van der Waals surface area contributed by atoms with Gasteiger partial charge in [0.25, 0.3) is 5.91 Å². The van der Waals surface area contributed by atoms with Gasteiger partial charge in [0.2, 0.25) is 0 Å². The van der Waals surface area contributed by atoms with Crippen LogP contribution in [0.5, 0.6) is 0 Å². The quantitative estimate of drug-likeness (QED) is 0.867. The van der Waals surface area contributed by atoms with Crippen LogP contribution < -0.4 is 5.73 Å². The molecule has 1 unspecified atom stereocenters. The second kappa shape index (κ2) is 9.36. The van der Waals surface area contributed by atoms with Crippen molar-refractivity contribution in [1.82, 2.24) is 19.7 Å². The molecule has 1 atom stereocenters. The molecule has 1 fully saturated rings. The number of nitrogens with two attached hydrogens (primary N) is 1. The summed E-state index contributed by atoms with van der Waals surface area (Å²) in [6.45, 7) is 4.08. The van der Waals surface area contributed by atoms with Crippen LogP contribution in [-0.4, -0.2) is 45.2 Å². The van der Waals surface area contributed by atoms with Gasteiger partial charge in [-0.15, -0.1) is 36.2 Å². The zero-order chi connectivity index (χ0) is 15.5. The second-order valence-electron chi connectivity index (χ2n) is 5.71. The van der Waals surface area contributed by atoms with E-state index in [0.717, 1.165) is 36.4 Å². The van der Waals surface area contributed by atoms with Crippen molar-refractivity contribution in [1.29, 1.82) is 0 Å². The van der Waals surface area contributed by atoms with E-state index >= 15 is 0 Å². The van der Waals surface area contributed by atoms with E-state index in [-0.39, 0.29) is 36.8 Å². The van der Waals surface area contributed by atoms with Crippen LogP contribution in [0.4, 0.5) is 0 Å². The molecule has 1 amide bonds. The number of carbonyl (C=O) groups is 1. The maximum absolute atomic E-state index is 12.6. The van der Waals surface area contributed by atoms with Gasteiger partial charge in [-0.25, -0.2) is 4.98 Å². The van der Waals surface area contributed by atoms with Gasteiger partial charge < -0.3 is 10.6 Å². The molecule has 3 rings (SSSR count). The summed E-state index contributed by atoms with van der Waals surface area (Å²) in [7, 11) is 0. The topological polar surface area (TPSA) is 77.0 Å². The fourth-order valence-electron chi connectivity index (χ4n) is 2.80. The number of nitrogens with zero attached hydrogens (tertiary/aromatic N) is 4. The number of carbonyl (C=O) groups excluding carboxylic acids is 1. The van der Waals surface area contributed by atoms with Crippen LogP contribution in [0.25, 0.3) is 0 Å². The van der Waals surface area contributed by atoms with E-state index in [2.05, 4.69) is 10.1 Å². The number of likely N-dealkylation sites (tertiary alicyclic amines) is 1. The Morgan fingerprint density at radius 1 is 1.46 bits per heavy atom. The molecule has 0 spiro atoms. The van der Waals surface area contributed by atoms with E-state index in [1.54, 1.807) is 0 Å². The maximum atomic E-state index is 12.6. The van der Waals surface area contributed by atoms with Gasteiger partial charge in [-0.1, -0.05) is 0 Å². The molecule has 1 saturated heterocycles. The second-order valence-corrected chi connectivity index (χ2v) is 6.65. The van der Waals surface area contributed by atoms with Gasteiger partial charge in [-0.05, 0) is 31.9 Å². The first-order chi connectivity index (χ1) is 10.7. The first kappa shape index (κ1) is 20.9. The van der Waals surface area contributed by atoms with Crippen molar-refractivity contribution in [2.45, 2.75) is 32.2 Å². The molecule has 134 valence electrons. The minimum Gasteiger partial charge on any atom is -0.335 e. The molecule has 6 nitrogen and oxygen atoms in total. The molecule has 0 aliphatic carbocycles. The zero-order valence-corrected chi connectivity index (χ0v) is 16.0. The van der Waals surface area contributed by atoms with Gasteiger partial charge in [-0.3, -0.25) is 9.48 Å². The third-order valence-electron chi connectivity index (χ3n) is 3.92. The van der Waals surface area contributed by atoms with E-state index in [4.69, 9.17) is 5.73 Å². The predicted octanol–water partition coefficient (Wildman–Crippen LogP) is 2.47. The number of piperidine rings is 1. The van der Waals surface area contributed by atoms with Gasteiger partial charge in [0.05, 0.1) is 17.2 Å². The Morgan fingerprint density at radius 3 is 2.92 bits per heavy atom. The third kappa shape index (κ3) is 4.69. The normalized spacial score (nSPS) is 17.1. The van der Waals surface area contributed by atoms with E-state index in [9.17, 15) is 4.79 Å². The molecule has 2 N–H and O–H groups in total. The molecule has 24 heavy (non-hydrogen) atoms. The van der Waals surface area contributed by atoms with Crippen LogP contribution in [0.2, 0.25) is 0 Å².